The summed E-state index contributed by atoms with van der Waals surface area (Å²) in [6, 6.07) is 11.2. The van der Waals surface area contributed by atoms with Crippen molar-refractivity contribution >= 4 is 20.7 Å². The summed E-state index contributed by atoms with van der Waals surface area (Å²) in [5, 5.41) is 9.70. The van der Waals surface area contributed by atoms with Crippen LogP contribution in [0.15, 0.2) is 62.1 Å². The number of hydrogen-bond acceptors (Lipinski definition) is 3. The molecule has 2 aromatic rings. The quantitative estimate of drug-likeness (QED) is 0.938. The summed E-state index contributed by atoms with van der Waals surface area (Å²) >= 11 is 0. The van der Waals surface area contributed by atoms with Crippen molar-refractivity contribution in [1.82, 2.24) is 0 Å². The van der Waals surface area contributed by atoms with Crippen molar-refractivity contribution in [2.75, 3.05) is 6.01 Å². The van der Waals surface area contributed by atoms with Crippen LogP contribution in [0.3, 0.4) is 0 Å². The number of para-hydroxylation sites is 1. The molecule has 1 N–H and O–H groups in total. The topological polar surface area (TPSA) is 66.7 Å². The van der Waals surface area contributed by atoms with E-state index in [0.717, 1.165) is 5.56 Å². The number of aromatic hydroxyl groups is 1. The third kappa shape index (κ3) is 3.68. The van der Waals surface area contributed by atoms with E-state index in [4.69, 9.17) is 0 Å². The molecule has 4 nitrogen and oxygen atoms in total. The maximum atomic E-state index is 13.2. The summed E-state index contributed by atoms with van der Waals surface area (Å²) in [6.07, 6.45) is 0. The van der Waals surface area contributed by atoms with Crippen LogP contribution in [0.4, 0.5) is 4.39 Å². The summed E-state index contributed by atoms with van der Waals surface area (Å²) in [7, 11) is -5.53. The Kier molecular flexibility index (Phi) is 4.74. The van der Waals surface area contributed by atoms with Crippen molar-refractivity contribution in [2.24, 2.45) is 3.77 Å². The number of rotatable bonds is 4. The van der Waals surface area contributed by atoms with Gasteiger partial charge in [-0.3, -0.25) is 0 Å². The Morgan fingerprint density at radius 1 is 1.14 bits per heavy atom. The maximum Gasteiger partial charge on any atom is 0.288 e. The van der Waals surface area contributed by atoms with Crippen molar-refractivity contribution in [1.29, 1.82) is 0 Å². The molecule has 2 aromatic carbocycles. The van der Waals surface area contributed by atoms with Gasteiger partial charge in [-0.05, 0) is 41.9 Å². The highest BCUT2D eigenvalue weighted by Crippen LogP contribution is 2.24. The zero-order valence-electron chi connectivity index (χ0n) is 11.2. The molecule has 0 aliphatic rings. The van der Waals surface area contributed by atoms with E-state index in [0.29, 0.717) is 0 Å². The minimum absolute atomic E-state index is 0.00877. The molecule has 0 saturated heterocycles. The number of nitrogens with zero attached hydrogens (tertiary/aromatic N) is 1. The van der Waals surface area contributed by atoms with Crippen LogP contribution in [0, 0.1) is 6.92 Å². The van der Waals surface area contributed by atoms with Gasteiger partial charge in [-0.25, -0.2) is 4.39 Å². The van der Waals surface area contributed by atoms with Gasteiger partial charge in [0.2, 0.25) is 0 Å². The number of phenolic OH excluding ortho intramolecular Hbond substituents is 1. The molecule has 1 atom stereocenters. The lowest BCUT2D eigenvalue weighted by atomic mass is 10.2. The Hall–Kier alpha value is -1.73. The van der Waals surface area contributed by atoms with Gasteiger partial charge in [0.05, 0.1) is 9.79 Å². The molecule has 21 heavy (non-hydrogen) atoms. The minimum Gasteiger partial charge on any atom is -0.507 e. The fraction of sp³-hybridized carbons (Fsp3) is 0.143. The van der Waals surface area contributed by atoms with E-state index >= 15 is 0 Å². The summed E-state index contributed by atoms with van der Waals surface area (Å²) in [5.74, 6) is -0.165. The molecular weight excluding hydrogens is 313 g/mol. The Bertz CT molecular complexity index is 771. The first-order valence-electron chi connectivity index (χ1n) is 6.03. The van der Waals surface area contributed by atoms with Gasteiger partial charge < -0.3 is 5.11 Å². The van der Waals surface area contributed by atoms with Crippen LogP contribution in [0.5, 0.6) is 5.75 Å². The van der Waals surface area contributed by atoms with Crippen LogP contribution in [-0.4, -0.2) is 19.5 Å². The molecular formula is C14H14FNO3S2. The molecule has 0 aliphatic carbocycles. The van der Waals surface area contributed by atoms with Crippen molar-refractivity contribution in [2.45, 2.75) is 16.7 Å². The average molecular weight is 327 g/mol. The average Bonchev–Trinajstić information content (AvgIpc) is 2.46. The molecule has 0 aromatic heterocycles. The molecule has 0 aliphatic heterocycles. The smallest absolute Gasteiger partial charge is 0.288 e. The minimum atomic E-state index is -3.97. The molecule has 2 rings (SSSR count). The SMILES string of the molecule is Cc1ccc(S(=O)(=O)N=S(CF)c2ccccc2O)cc1. The Morgan fingerprint density at radius 3 is 2.33 bits per heavy atom. The number of phenols is 1. The van der Waals surface area contributed by atoms with Crippen LogP contribution in [-0.2, 0) is 20.7 Å². The van der Waals surface area contributed by atoms with Gasteiger partial charge in [-0.1, -0.05) is 29.8 Å². The molecule has 112 valence electrons. The van der Waals surface area contributed by atoms with E-state index in [9.17, 15) is 17.9 Å². The van der Waals surface area contributed by atoms with Gasteiger partial charge in [0, 0.05) is 0 Å². The van der Waals surface area contributed by atoms with Gasteiger partial charge in [-0.2, -0.15) is 8.42 Å². The van der Waals surface area contributed by atoms with Crippen LogP contribution in [0.25, 0.3) is 0 Å². The summed E-state index contributed by atoms with van der Waals surface area (Å²) in [5.41, 5.74) is 0.916. The molecule has 0 heterocycles. The highest BCUT2D eigenvalue weighted by Gasteiger charge is 2.16. The van der Waals surface area contributed by atoms with Crippen LogP contribution in [0.1, 0.15) is 5.56 Å². The van der Waals surface area contributed by atoms with Crippen LogP contribution < -0.4 is 0 Å². The summed E-state index contributed by atoms with van der Waals surface area (Å²) in [6.45, 7) is 1.83. The molecule has 1 unspecified atom stereocenters. The first-order chi connectivity index (χ1) is 9.94. The zero-order valence-corrected chi connectivity index (χ0v) is 12.9. The summed E-state index contributed by atoms with van der Waals surface area (Å²) < 4.78 is 41.2. The monoisotopic (exact) mass is 327 g/mol. The lowest BCUT2D eigenvalue weighted by molar-refractivity contribution is 0.461. The van der Waals surface area contributed by atoms with E-state index in [1.54, 1.807) is 24.3 Å². The zero-order chi connectivity index (χ0) is 15.5. The van der Waals surface area contributed by atoms with E-state index < -0.39 is 26.7 Å². The number of benzene rings is 2. The number of sulfonamides is 1. The Balaban J connectivity index is 2.49. The van der Waals surface area contributed by atoms with Crippen molar-refractivity contribution in [3.8, 4) is 5.75 Å². The van der Waals surface area contributed by atoms with E-state index in [2.05, 4.69) is 3.77 Å². The highest BCUT2D eigenvalue weighted by atomic mass is 32.3. The lowest BCUT2D eigenvalue weighted by Gasteiger charge is -2.07. The lowest BCUT2D eigenvalue weighted by Crippen LogP contribution is -2.02. The van der Waals surface area contributed by atoms with Crippen LogP contribution in [0.2, 0.25) is 0 Å². The normalized spacial score (nSPS) is 13.2. The Morgan fingerprint density at radius 2 is 1.76 bits per heavy atom. The first-order valence-corrected chi connectivity index (χ1v) is 8.83. The highest BCUT2D eigenvalue weighted by molar-refractivity contribution is 8.00. The first kappa shape index (κ1) is 15.7. The second kappa shape index (κ2) is 6.36. The van der Waals surface area contributed by atoms with E-state index in [1.807, 2.05) is 6.92 Å². The predicted molar refractivity (Wildman–Crippen MR) is 80.5 cm³/mol. The van der Waals surface area contributed by atoms with Crippen molar-refractivity contribution in [3.05, 3.63) is 54.1 Å². The molecule has 0 bridgehead atoms. The molecule has 7 heteroatoms. The van der Waals surface area contributed by atoms with E-state index in [1.165, 1.54) is 24.3 Å². The predicted octanol–water partition coefficient (Wildman–Crippen LogP) is 3.18. The third-order valence-corrected chi connectivity index (χ3v) is 6.16. The second-order valence-electron chi connectivity index (χ2n) is 4.30. The second-order valence-corrected chi connectivity index (χ2v) is 7.71. The van der Waals surface area contributed by atoms with Crippen molar-refractivity contribution < 1.29 is 17.9 Å². The van der Waals surface area contributed by atoms with Gasteiger partial charge in [0.1, 0.15) is 5.75 Å². The molecule has 0 saturated carbocycles. The van der Waals surface area contributed by atoms with Gasteiger partial charge >= 0.3 is 0 Å². The van der Waals surface area contributed by atoms with Gasteiger partial charge in [0.25, 0.3) is 10.0 Å². The molecule has 0 fully saturated rings. The summed E-state index contributed by atoms with van der Waals surface area (Å²) in [4.78, 5) is 0.185. The standard InChI is InChI=1S/C14H14FNO3S2/c1-11-6-8-12(9-7-11)21(18,19)16-20(10-15)14-5-3-2-4-13(14)17/h2-9,17H,10H2,1H3. The van der Waals surface area contributed by atoms with Crippen molar-refractivity contribution in [3.63, 3.8) is 0 Å². The largest absolute Gasteiger partial charge is 0.507 e. The fourth-order valence-electron chi connectivity index (χ4n) is 1.65. The molecule has 0 amide bonds. The van der Waals surface area contributed by atoms with Gasteiger partial charge in [0.15, 0.2) is 6.01 Å². The number of halogens is 1. The molecule has 0 spiro atoms. The number of hydrogen-bond donors (Lipinski definition) is 1. The maximum absolute atomic E-state index is 13.2. The Labute approximate surface area is 125 Å². The number of aryl methyl sites for hydroxylation is 1. The van der Waals surface area contributed by atoms with E-state index in [-0.39, 0.29) is 15.5 Å². The molecule has 0 radical (unpaired) electrons. The van der Waals surface area contributed by atoms with Crippen LogP contribution >= 0.6 is 0 Å². The van der Waals surface area contributed by atoms with Gasteiger partial charge in [-0.15, -0.1) is 3.77 Å². The fourth-order valence-corrected chi connectivity index (χ4v) is 4.56. The number of alkyl halides is 1. The third-order valence-electron chi connectivity index (χ3n) is 2.73.